The van der Waals surface area contributed by atoms with E-state index in [4.69, 9.17) is 15.2 Å². The normalized spacial score (nSPS) is 10.8. The van der Waals surface area contributed by atoms with Crippen molar-refractivity contribution in [2.45, 2.75) is 26.7 Å². The van der Waals surface area contributed by atoms with Crippen molar-refractivity contribution in [2.75, 3.05) is 20.0 Å². The molecule has 0 bridgehead atoms. The minimum atomic E-state index is 0.205. The van der Waals surface area contributed by atoms with Crippen LogP contribution >= 0.6 is 0 Å². The molecular formula is C16H21N3O2. The molecule has 112 valence electrons. The number of benzene rings is 1. The van der Waals surface area contributed by atoms with Gasteiger partial charge in [-0.05, 0) is 19.1 Å². The summed E-state index contributed by atoms with van der Waals surface area (Å²) in [6.07, 6.45) is 0. The van der Waals surface area contributed by atoms with Gasteiger partial charge in [0.15, 0.2) is 0 Å². The molecular weight excluding hydrogens is 266 g/mol. The largest absolute Gasteiger partial charge is 0.497 e. The molecule has 1 aromatic carbocycles. The van der Waals surface area contributed by atoms with E-state index in [1.54, 1.807) is 14.2 Å². The van der Waals surface area contributed by atoms with Crippen LogP contribution in [0, 0.1) is 6.92 Å². The van der Waals surface area contributed by atoms with Crippen LogP contribution in [0.1, 0.15) is 31.2 Å². The molecule has 0 spiro atoms. The second-order valence-corrected chi connectivity index (χ2v) is 5.16. The van der Waals surface area contributed by atoms with Crippen molar-refractivity contribution in [3.8, 4) is 22.8 Å². The van der Waals surface area contributed by atoms with E-state index in [0.29, 0.717) is 11.6 Å². The maximum absolute atomic E-state index is 6.03. The molecule has 0 aliphatic rings. The Balaban J connectivity index is 2.66. The summed E-state index contributed by atoms with van der Waals surface area (Å²) in [4.78, 5) is 9.00. The number of hydrogen-bond acceptors (Lipinski definition) is 5. The maximum Gasteiger partial charge on any atom is 0.133 e. The van der Waals surface area contributed by atoms with Gasteiger partial charge in [-0.2, -0.15) is 0 Å². The Morgan fingerprint density at radius 3 is 2.38 bits per heavy atom. The van der Waals surface area contributed by atoms with E-state index in [1.165, 1.54) is 0 Å². The molecule has 5 heteroatoms. The lowest BCUT2D eigenvalue weighted by atomic mass is 10.0. The fourth-order valence-electron chi connectivity index (χ4n) is 2.07. The molecule has 2 aromatic rings. The quantitative estimate of drug-likeness (QED) is 0.935. The van der Waals surface area contributed by atoms with E-state index in [9.17, 15) is 0 Å². The zero-order valence-corrected chi connectivity index (χ0v) is 13.1. The van der Waals surface area contributed by atoms with Gasteiger partial charge in [0.05, 0.1) is 19.9 Å². The molecule has 0 atom stereocenters. The van der Waals surface area contributed by atoms with Gasteiger partial charge in [0.25, 0.3) is 0 Å². The number of anilines is 1. The topological polar surface area (TPSA) is 70.3 Å². The lowest BCUT2D eigenvalue weighted by Crippen LogP contribution is -2.06. The zero-order valence-electron chi connectivity index (χ0n) is 13.1. The molecule has 0 saturated heterocycles. The molecule has 0 unspecified atom stereocenters. The standard InChI is InChI=1S/C16H21N3O2/c1-9(2)16-18-14(10(3)15(17)19-16)12-7-6-11(20-4)8-13(12)21-5/h6-9H,1-5H3,(H2,17,18,19). The number of nitrogens with zero attached hydrogens (tertiary/aromatic N) is 2. The third-order valence-corrected chi connectivity index (χ3v) is 3.38. The Labute approximate surface area is 125 Å². The fraction of sp³-hybridized carbons (Fsp3) is 0.375. The van der Waals surface area contributed by atoms with Crippen LogP contribution < -0.4 is 15.2 Å². The van der Waals surface area contributed by atoms with Gasteiger partial charge < -0.3 is 15.2 Å². The lowest BCUT2D eigenvalue weighted by molar-refractivity contribution is 0.395. The van der Waals surface area contributed by atoms with Crippen molar-refractivity contribution < 1.29 is 9.47 Å². The third-order valence-electron chi connectivity index (χ3n) is 3.38. The van der Waals surface area contributed by atoms with E-state index in [1.807, 2.05) is 39.0 Å². The van der Waals surface area contributed by atoms with Gasteiger partial charge in [-0.1, -0.05) is 13.8 Å². The SMILES string of the molecule is COc1ccc(-c2nc(C(C)C)nc(N)c2C)c(OC)c1. The lowest BCUT2D eigenvalue weighted by Gasteiger charge is -2.15. The van der Waals surface area contributed by atoms with Gasteiger partial charge in [0, 0.05) is 23.1 Å². The second kappa shape index (κ2) is 5.99. The van der Waals surface area contributed by atoms with E-state index in [-0.39, 0.29) is 5.92 Å². The molecule has 1 heterocycles. The Kier molecular flexibility index (Phi) is 4.31. The minimum Gasteiger partial charge on any atom is -0.497 e. The van der Waals surface area contributed by atoms with Crippen molar-refractivity contribution in [1.29, 1.82) is 0 Å². The first-order valence-corrected chi connectivity index (χ1v) is 6.84. The summed E-state index contributed by atoms with van der Waals surface area (Å²) < 4.78 is 10.7. The van der Waals surface area contributed by atoms with Crippen LogP contribution in [0.15, 0.2) is 18.2 Å². The first kappa shape index (κ1) is 15.1. The van der Waals surface area contributed by atoms with Crippen molar-refractivity contribution >= 4 is 5.82 Å². The van der Waals surface area contributed by atoms with Crippen LogP contribution in [0.2, 0.25) is 0 Å². The minimum absolute atomic E-state index is 0.205. The highest BCUT2D eigenvalue weighted by molar-refractivity contribution is 5.73. The van der Waals surface area contributed by atoms with Crippen molar-refractivity contribution in [3.05, 3.63) is 29.6 Å². The number of aromatic nitrogens is 2. The summed E-state index contributed by atoms with van der Waals surface area (Å²) >= 11 is 0. The summed E-state index contributed by atoms with van der Waals surface area (Å²) in [5.41, 5.74) is 8.56. The molecule has 1 aromatic heterocycles. The van der Waals surface area contributed by atoms with Crippen LogP contribution in [-0.4, -0.2) is 24.2 Å². The number of hydrogen-bond donors (Lipinski definition) is 1. The summed E-state index contributed by atoms with van der Waals surface area (Å²) in [5, 5.41) is 0. The first-order valence-electron chi connectivity index (χ1n) is 6.84. The highest BCUT2D eigenvalue weighted by atomic mass is 16.5. The molecule has 0 aliphatic carbocycles. The van der Waals surface area contributed by atoms with Crippen LogP contribution in [0.5, 0.6) is 11.5 Å². The predicted molar refractivity (Wildman–Crippen MR) is 83.8 cm³/mol. The molecule has 0 radical (unpaired) electrons. The molecule has 2 N–H and O–H groups in total. The Morgan fingerprint density at radius 2 is 1.81 bits per heavy atom. The number of nitrogens with two attached hydrogens (primary N) is 1. The van der Waals surface area contributed by atoms with Gasteiger partial charge in [-0.3, -0.25) is 0 Å². The average Bonchev–Trinajstić information content (AvgIpc) is 2.49. The molecule has 5 nitrogen and oxygen atoms in total. The monoisotopic (exact) mass is 287 g/mol. The van der Waals surface area contributed by atoms with E-state index in [2.05, 4.69) is 9.97 Å². The number of rotatable bonds is 4. The highest BCUT2D eigenvalue weighted by Crippen LogP contribution is 2.35. The fourth-order valence-corrected chi connectivity index (χ4v) is 2.07. The van der Waals surface area contributed by atoms with Crippen molar-refractivity contribution in [2.24, 2.45) is 0 Å². The summed E-state index contributed by atoms with van der Waals surface area (Å²) in [7, 11) is 3.25. The van der Waals surface area contributed by atoms with Crippen molar-refractivity contribution in [3.63, 3.8) is 0 Å². The Morgan fingerprint density at radius 1 is 1.10 bits per heavy atom. The van der Waals surface area contributed by atoms with E-state index >= 15 is 0 Å². The smallest absolute Gasteiger partial charge is 0.133 e. The van der Waals surface area contributed by atoms with Crippen LogP contribution in [0.3, 0.4) is 0 Å². The number of ether oxygens (including phenoxy) is 2. The highest BCUT2D eigenvalue weighted by Gasteiger charge is 2.16. The summed E-state index contributed by atoms with van der Waals surface area (Å²) in [6, 6.07) is 5.64. The molecule has 21 heavy (non-hydrogen) atoms. The van der Waals surface area contributed by atoms with Crippen LogP contribution in [0.25, 0.3) is 11.3 Å². The third kappa shape index (κ3) is 2.91. The molecule has 2 rings (SSSR count). The van der Waals surface area contributed by atoms with Gasteiger partial charge in [-0.15, -0.1) is 0 Å². The van der Waals surface area contributed by atoms with E-state index < -0.39 is 0 Å². The van der Waals surface area contributed by atoms with Crippen molar-refractivity contribution in [1.82, 2.24) is 9.97 Å². The van der Waals surface area contributed by atoms with Crippen LogP contribution in [0.4, 0.5) is 5.82 Å². The Hall–Kier alpha value is -2.30. The van der Waals surface area contributed by atoms with E-state index in [0.717, 1.165) is 28.4 Å². The van der Waals surface area contributed by atoms with Gasteiger partial charge in [0.1, 0.15) is 23.1 Å². The molecule has 0 saturated carbocycles. The first-order chi connectivity index (χ1) is 9.97. The second-order valence-electron chi connectivity index (χ2n) is 5.16. The number of methoxy groups -OCH3 is 2. The maximum atomic E-state index is 6.03. The van der Waals surface area contributed by atoms with Gasteiger partial charge in [-0.25, -0.2) is 9.97 Å². The molecule has 0 fully saturated rings. The number of nitrogen functional groups attached to an aromatic ring is 1. The molecule has 0 amide bonds. The summed E-state index contributed by atoms with van der Waals surface area (Å²) in [6.45, 7) is 6.00. The van der Waals surface area contributed by atoms with Crippen LogP contribution in [-0.2, 0) is 0 Å². The zero-order chi connectivity index (χ0) is 15.6. The van der Waals surface area contributed by atoms with Gasteiger partial charge >= 0.3 is 0 Å². The predicted octanol–water partition coefficient (Wildman–Crippen LogP) is 3.17. The average molecular weight is 287 g/mol. The van der Waals surface area contributed by atoms with Gasteiger partial charge in [0.2, 0.25) is 0 Å². The Bertz CT molecular complexity index is 654. The molecule has 0 aliphatic heterocycles. The summed E-state index contributed by atoms with van der Waals surface area (Å²) in [5.74, 6) is 2.87.